The van der Waals surface area contributed by atoms with Crippen LogP contribution in [-0.2, 0) is 4.79 Å². The van der Waals surface area contributed by atoms with Crippen molar-refractivity contribution in [3.8, 4) is 17.2 Å². The number of alkyl halides is 1. The van der Waals surface area contributed by atoms with E-state index < -0.39 is 17.2 Å². The fourth-order valence-electron chi connectivity index (χ4n) is 2.66. The molecule has 24 heavy (non-hydrogen) atoms. The summed E-state index contributed by atoms with van der Waals surface area (Å²) < 4.78 is 0. The third-order valence-corrected chi connectivity index (χ3v) is 4.27. The Morgan fingerprint density at radius 1 is 1.17 bits per heavy atom. The fourth-order valence-corrected chi connectivity index (χ4v) is 2.80. The maximum Gasteiger partial charge on any atom is 0.254 e. The number of hydrogen-bond donors (Lipinski definition) is 4. The van der Waals surface area contributed by atoms with Crippen molar-refractivity contribution in [2.45, 2.75) is 31.7 Å². The van der Waals surface area contributed by atoms with Crippen LogP contribution in [0.4, 0.5) is 0 Å². The SMILES string of the molecule is O=C(CCCCl)NC1CCN(C(=O)c2cc(O)c(O)c(O)c2)CC1. The zero-order valence-corrected chi connectivity index (χ0v) is 13.9. The molecule has 0 unspecified atom stereocenters. The van der Waals surface area contributed by atoms with Crippen LogP contribution < -0.4 is 5.32 Å². The Kier molecular flexibility index (Phi) is 6.14. The van der Waals surface area contributed by atoms with E-state index in [1.54, 1.807) is 4.90 Å². The molecule has 0 saturated carbocycles. The van der Waals surface area contributed by atoms with E-state index in [-0.39, 0.29) is 23.4 Å². The summed E-state index contributed by atoms with van der Waals surface area (Å²) in [4.78, 5) is 25.7. The van der Waals surface area contributed by atoms with Gasteiger partial charge < -0.3 is 25.5 Å². The van der Waals surface area contributed by atoms with E-state index >= 15 is 0 Å². The molecule has 1 heterocycles. The van der Waals surface area contributed by atoms with Crippen molar-refractivity contribution >= 4 is 23.4 Å². The predicted molar refractivity (Wildman–Crippen MR) is 88.5 cm³/mol. The molecule has 2 rings (SSSR count). The lowest BCUT2D eigenvalue weighted by atomic mass is 10.0. The highest BCUT2D eigenvalue weighted by atomic mass is 35.5. The van der Waals surface area contributed by atoms with Crippen molar-refractivity contribution in [2.75, 3.05) is 19.0 Å². The van der Waals surface area contributed by atoms with Gasteiger partial charge in [-0.3, -0.25) is 9.59 Å². The summed E-state index contributed by atoms with van der Waals surface area (Å²) in [7, 11) is 0. The smallest absolute Gasteiger partial charge is 0.254 e. The van der Waals surface area contributed by atoms with Crippen LogP contribution in [-0.4, -0.2) is 57.0 Å². The molecule has 4 N–H and O–H groups in total. The van der Waals surface area contributed by atoms with Gasteiger partial charge in [0.05, 0.1) is 0 Å². The number of rotatable bonds is 5. The Balaban J connectivity index is 1.90. The van der Waals surface area contributed by atoms with Gasteiger partial charge in [-0.15, -0.1) is 11.6 Å². The maximum absolute atomic E-state index is 12.4. The summed E-state index contributed by atoms with van der Waals surface area (Å²) in [6, 6.07) is 2.27. The van der Waals surface area contributed by atoms with Crippen LogP contribution in [0.25, 0.3) is 0 Å². The zero-order chi connectivity index (χ0) is 17.7. The molecule has 2 amide bonds. The van der Waals surface area contributed by atoms with E-state index in [0.717, 1.165) is 12.1 Å². The predicted octanol–water partition coefficient (Wildman–Crippen LogP) is 1.54. The summed E-state index contributed by atoms with van der Waals surface area (Å²) >= 11 is 5.56. The highest BCUT2D eigenvalue weighted by molar-refractivity contribution is 6.17. The molecular formula is C16H21ClN2O5. The molecule has 1 fully saturated rings. The molecule has 1 aliphatic heterocycles. The van der Waals surface area contributed by atoms with Crippen molar-refractivity contribution in [1.82, 2.24) is 10.2 Å². The van der Waals surface area contributed by atoms with Crippen molar-refractivity contribution < 1.29 is 24.9 Å². The normalized spacial score (nSPS) is 15.3. The summed E-state index contributed by atoms with van der Waals surface area (Å²) in [5, 5.41) is 31.3. The van der Waals surface area contributed by atoms with Crippen LogP contribution in [0.15, 0.2) is 12.1 Å². The molecule has 7 nitrogen and oxygen atoms in total. The molecule has 0 radical (unpaired) electrons. The lowest BCUT2D eigenvalue weighted by Gasteiger charge is -2.32. The number of phenolic OH excluding ortho intramolecular Hbond substituents is 3. The number of piperidine rings is 1. The molecule has 1 aromatic rings. The summed E-state index contributed by atoms with van der Waals surface area (Å²) in [6.45, 7) is 0.920. The molecule has 0 aromatic heterocycles. The molecule has 8 heteroatoms. The second kappa shape index (κ2) is 8.10. The van der Waals surface area contributed by atoms with Crippen molar-refractivity contribution in [3.05, 3.63) is 17.7 Å². The summed E-state index contributed by atoms with van der Waals surface area (Å²) in [5.41, 5.74) is 0.104. The van der Waals surface area contributed by atoms with Crippen molar-refractivity contribution in [3.63, 3.8) is 0 Å². The largest absolute Gasteiger partial charge is 0.504 e. The minimum atomic E-state index is -0.648. The first-order chi connectivity index (χ1) is 11.4. The van der Waals surface area contributed by atoms with Gasteiger partial charge in [0, 0.05) is 37.0 Å². The fraction of sp³-hybridized carbons (Fsp3) is 0.500. The van der Waals surface area contributed by atoms with Gasteiger partial charge in [-0.05, 0) is 31.4 Å². The van der Waals surface area contributed by atoms with Gasteiger partial charge >= 0.3 is 0 Å². The molecule has 1 aliphatic rings. The van der Waals surface area contributed by atoms with E-state index in [9.17, 15) is 24.9 Å². The average molecular weight is 357 g/mol. The molecule has 0 spiro atoms. The van der Waals surface area contributed by atoms with Crippen LogP contribution in [0.5, 0.6) is 17.2 Å². The topological polar surface area (TPSA) is 110 Å². The number of likely N-dealkylation sites (tertiary alicyclic amines) is 1. The van der Waals surface area contributed by atoms with Crippen LogP contribution in [0.1, 0.15) is 36.0 Å². The number of benzene rings is 1. The number of carbonyl (C=O) groups excluding carboxylic acids is 2. The number of nitrogens with zero attached hydrogens (tertiary/aromatic N) is 1. The Morgan fingerprint density at radius 2 is 1.75 bits per heavy atom. The van der Waals surface area contributed by atoms with Gasteiger partial charge in [0.25, 0.3) is 5.91 Å². The van der Waals surface area contributed by atoms with Gasteiger partial charge in [-0.1, -0.05) is 0 Å². The lowest BCUT2D eigenvalue weighted by molar-refractivity contribution is -0.122. The molecule has 1 saturated heterocycles. The first kappa shape index (κ1) is 18.2. The van der Waals surface area contributed by atoms with Crippen molar-refractivity contribution in [1.29, 1.82) is 0 Å². The second-order valence-corrected chi connectivity index (χ2v) is 6.17. The molecule has 0 atom stereocenters. The number of amides is 2. The quantitative estimate of drug-likeness (QED) is 0.472. The summed E-state index contributed by atoms with van der Waals surface area (Å²) in [6.07, 6.45) is 2.30. The average Bonchev–Trinajstić information content (AvgIpc) is 2.57. The third kappa shape index (κ3) is 4.44. The van der Waals surface area contributed by atoms with E-state index in [1.165, 1.54) is 0 Å². The number of carbonyl (C=O) groups is 2. The minimum Gasteiger partial charge on any atom is -0.504 e. The Bertz CT molecular complexity index is 591. The van der Waals surface area contributed by atoms with Crippen molar-refractivity contribution in [2.24, 2.45) is 0 Å². The van der Waals surface area contributed by atoms with Crippen LogP contribution in [0, 0.1) is 0 Å². The number of nitrogens with one attached hydrogen (secondary N) is 1. The molecule has 1 aromatic carbocycles. The summed E-state index contributed by atoms with van der Waals surface area (Å²) in [5.74, 6) is -1.65. The number of phenols is 3. The van der Waals surface area contributed by atoms with Gasteiger partial charge in [-0.2, -0.15) is 0 Å². The number of aromatic hydroxyl groups is 3. The van der Waals surface area contributed by atoms with Crippen LogP contribution >= 0.6 is 11.6 Å². The van der Waals surface area contributed by atoms with Crippen LogP contribution in [0.3, 0.4) is 0 Å². The van der Waals surface area contributed by atoms with E-state index in [0.29, 0.717) is 44.7 Å². The Morgan fingerprint density at radius 3 is 2.29 bits per heavy atom. The minimum absolute atomic E-state index is 0.0264. The standard InChI is InChI=1S/C16H21ClN2O5/c17-5-1-2-14(22)18-11-3-6-19(7-4-11)16(24)10-8-12(20)15(23)13(21)9-10/h8-9,11,20-21,23H,1-7H2,(H,18,22). The van der Waals surface area contributed by atoms with E-state index in [2.05, 4.69) is 5.32 Å². The molecule has 0 bridgehead atoms. The first-order valence-electron chi connectivity index (χ1n) is 7.82. The molecule has 132 valence electrons. The van der Waals surface area contributed by atoms with Gasteiger partial charge in [-0.25, -0.2) is 0 Å². The molecule has 0 aliphatic carbocycles. The first-order valence-corrected chi connectivity index (χ1v) is 8.35. The maximum atomic E-state index is 12.4. The number of hydrogen-bond acceptors (Lipinski definition) is 5. The van der Waals surface area contributed by atoms with E-state index in [1.807, 2.05) is 0 Å². The highest BCUT2D eigenvalue weighted by Gasteiger charge is 2.25. The lowest BCUT2D eigenvalue weighted by Crippen LogP contribution is -2.46. The monoisotopic (exact) mass is 356 g/mol. The Labute approximate surface area is 144 Å². The number of halogens is 1. The van der Waals surface area contributed by atoms with Crippen LogP contribution in [0.2, 0.25) is 0 Å². The van der Waals surface area contributed by atoms with E-state index in [4.69, 9.17) is 11.6 Å². The Hall–Kier alpha value is -2.15. The van der Waals surface area contributed by atoms with Gasteiger partial charge in [0.15, 0.2) is 17.2 Å². The molecular weight excluding hydrogens is 336 g/mol. The van der Waals surface area contributed by atoms with Gasteiger partial charge in [0.2, 0.25) is 5.91 Å². The third-order valence-electron chi connectivity index (χ3n) is 4.00. The van der Waals surface area contributed by atoms with Gasteiger partial charge in [0.1, 0.15) is 0 Å². The zero-order valence-electron chi connectivity index (χ0n) is 13.2. The highest BCUT2D eigenvalue weighted by Crippen LogP contribution is 2.35. The second-order valence-electron chi connectivity index (χ2n) is 5.79.